The van der Waals surface area contributed by atoms with Crippen LogP contribution in [0.25, 0.3) is 5.76 Å². The number of benzene rings is 1. The molecule has 6 heteroatoms. The number of aryl methyl sites for hydroxylation is 3. The summed E-state index contributed by atoms with van der Waals surface area (Å²) < 4.78 is 0. The second-order valence-electron chi connectivity index (χ2n) is 8.45. The molecule has 5 nitrogen and oxygen atoms in total. The Morgan fingerprint density at radius 1 is 1.17 bits per heavy atom. The summed E-state index contributed by atoms with van der Waals surface area (Å²) in [6.07, 6.45) is 4.37. The van der Waals surface area contributed by atoms with Crippen LogP contribution in [0.15, 0.2) is 35.2 Å². The van der Waals surface area contributed by atoms with Crippen LogP contribution >= 0.6 is 11.3 Å². The van der Waals surface area contributed by atoms with Gasteiger partial charge in [-0.15, -0.1) is 11.3 Å². The van der Waals surface area contributed by atoms with E-state index in [1.54, 1.807) is 4.90 Å². The third kappa shape index (κ3) is 3.70. The quantitative estimate of drug-likeness (QED) is 0.449. The molecule has 1 fully saturated rings. The maximum Gasteiger partial charge on any atom is 0.295 e. The van der Waals surface area contributed by atoms with Gasteiger partial charge >= 0.3 is 0 Å². The van der Waals surface area contributed by atoms with Crippen molar-refractivity contribution in [2.24, 2.45) is 0 Å². The number of fused-ring (bicyclic) bond motifs is 1. The number of likely N-dealkylation sites (tertiary alicyclic amines) is 1. The molecule has 1 atom stereocenters. The molecule has 158 valence electrons. The molecule has 0 saturated carbocycles. The molecule has 1 amide bonds. The first-order valence-corrected chi connectivity index (χ1v) is 11.4. The van der Waals surface area contributed by atoms with Crippen LogP contribution in [0.2, 0.25) is 0 Å². The maximum absolute atomic E-state index is 13.1. The van der Waals surface area contributed by atoms with Crippen molar-refractivity contribution in [1.29, 1.82) is 0 Å². The second kappa shape index (κ2) is 8.36. The van der Waals surface area contributed by atoms with Crippen LogP contribution < -0.4 is 0 Å². The SMILES string of the molecule is Cc1ccsc1C1/C(=C(/O)c2ccc3c(c2)CCCC3)C(=O)C(=O)N1CCN(C)C. The Morgan fingerprint density at radius 3 is 2.57 bits per heavy atom. The van der Waals surface area contributed by atoms with Gasteiger partial charge in [0.2, 0.25) is 0 Å². The molecule has 1 N–H and O–H groups in total. The highest BCUT2D eigenvalue weighted by Crippen LogP contribution is 2.42. The van der Waals surface area contributed by atoms with Gasteiger partial charge in [-0.05, 0) is 80.9 Å². The lowest BCUT2D eigenvalue weighted by Gasteiger charge is -2.26. The van der Waals surface area contributed by atoms with Crippen molar-refractivity contribution < 1.29 is 14.7 Å². The third-order valence-electron chi connectivity index (χ3n) is 6.10. The van der Waals surface area contributed by atoms with Gasteiger partial charge in [-0.2, -0.15) is 0 Å². The topological polar surface area (TPSA) is 60.9 Å². The Hall–Kier alpha value is -2.44. The highest BCUT2D eigenvalue weighted by molar-refractivity contribution is 7.10. The van der Waals surface area contributed by atoms with Gasteiger partial charge in [0, 0.05) is 23.5 Å². The predicted octanol–water partition coefficient (Wildman–Crippen LogP) is 3.92. The van der Waals surface area contributed by atoms with E-state index in [-0.39, 0.29) is 11.3 Å². The molecule has 1 saturated heterocycles. The first-order chi connectivity index (χ1) is 14.4. The normalized spacial score (nSPS) is 20.8. The number of carbonyl (C=O) groups excluding carboxylic acids is 2. The highest BCUT2D eigenvalue weighted by atomic mass is 32.1. The number of carbonyl (C=O) groups is 2. The van der Waals surface area contributed by atoms with Crippen molar-refractivity contribution in [3.63, 3.8) is 0 Å². The van der Waals surface area contributed by atoms with Crippen LogP contribution in [0.1, 0.15) is 46.0 Å². The van der Waals surface area contributed by atoms with Gasteiger partial charge in [0.25, 0.3) is 11.7 Å². The maximum atomic E-state index is 13.1. The Bertz CT molecular complexity index is 1020. The Kier molecular flexibility index (Phi) is 5.80. The number of likely N-dealkylation sites (N-methyl/N-ethyl adjacent to an activating group) is 1. The number of hydrogen-bond donors (Lipinski definition) is 1. The fraction of sp³-hybridized carbons (Fsp3) is 0.417. The minimum atomic E-state index is -0.596. The van der Waals surface area contributed by atoms with E-state index in [1.165, 1.54) is 28.9 Å². The lowest BCUT2D eigenvalue weighted by atomic mass is 9.89. The Labute approximate surface area is 181 Å². The summed E-state index contributed by atoms with van der Waals surface area (Å²) in [6, 6.07) is 7.38. The van der Waals surface area contributed by atoms with Gasteiger partial charge in [-0.25, -0.2) is 0 Å². The van der Waals surface area contributed by atoms with Crippen molar-refractivity contribution in [2.45, 2.75) is 38.6 Å². The lowest BCUT2D eigenvalue weighted by molar-refractivity contribution is -0.140. The molecular weight excluding hydrogens is 396 g/mol. The molecule has 1 unspecified atom stereocenters. The van der Waals surface area contributed by atoms with Gasteiger partial charge in [-0.1, -0.05) is 12.1 Å². The summed E-state index contributed by atoms with van der Waals surface area (Å²) in [6.45, 7) is 3.06. The predicted molar refractivity (Wildman–Crippen MR) is 120 cm³/mol. The number of hydrogen-bond acceptors (Lipinski definition) is 5. The van der Waals surface area contributed by atoms with E-state index >= 15 is 0 Å². The van der Waals surface area contributed by atoms with Crippen molar-refractivity contribution in [3.05, 3.63) is 62.3 Å². The van der Waals surface area contributed by atoms with Crippen LogP contribution in [0, 0.1) is 6.92 Å². The van der Waals surface area contributed by atoms with E-state index in [0.717, 1.165) is 29.7 Å². The van der Waals surface area contributed by atoms with Crippen LogP contribution in [-0.2, 0) is 22.4 Å². The first-order valence-electron chi connectivity index (χ1n) is 10.5. The number of nitrogens with zero attached hydrogens (tertiary/aromatic N) is 2. The van der Waals surface area contributed by atoms with E-state index in [1.807, 2.05) is 49.5 Å². The van der Waals surface area contributed by atoms with Crippen LogP contribution in [0.4, 0.5) is 0 Å². The number of aliphatic hydroxyl groups excluding tert-OH is 1. The molecule has 1 aromatic heterocycles. The largest absolute Gasteiger partial charge is 0.507 e. The highest BCUT2D eigenvalue weighted by Gasteiger charge is 2.46. The molecule has 2 aromatic rings. The lowest BCUT2D eigenvalue weighted by Crippen LogP contribution is -2.35. The molecule has 1 aliphatic carbocycles. The molecule has 2 aliphatic rings. The molecule has 30 heavy (non-hydrogen) atoms. The number of amides is 1. The minimum absolute atomic E-state index is 0.0631. The molecule has 1 aliphatic heterocycles. The van der Waals surface area contributed by atoms with Crippen molar-refractivity contribution in [2.75, 3.05) is 27.2 Å². The van der Waals surface area contributed by atoms with E-state index < -0.39 is 17.7 Å². The third-order valence-corrected chi connectivity index (χ3v) is 7.17. The molecule has 2 heterocycles. The number of aliphatic hydroxyl groups is 1. The summed E-state index contributed by atoms with van der Waals surface area (Å²) in [5.41, 5.74) is 4.41. The molecule has 0 bridgehead atoms. The van der Waals surface area contributed by atoms with Gasteiger partial charge in [0.1, 0.15) is 5.76 Å². The van der Waals surface area contributed by atoms with Crippen molar-refractivity contribution >= 4 is 28.8 Å². The Balaban J connectivity index is 1.82. The van der Waals surface area contributed by atoms with Gasteiger partial charge < -0.3 is 14.9 Å². The summed E-state index contributed by atoms with van der Waals surface area (Å²) in [5.74, 6) is -1.19. The van der Waals surface area contributed by atoms with E-state index in [2.05, 4.69) is 6.07 Å². The standard InChI is InChI=1S/C24H28N2O3S/c1-15-10-13-30-23(15)20-19(22(28)24(29)26(20)12-11-25(2)3)21(27)18-9-8-16-6-4-5-7-17(16)14-18/h8-10,13-14,20,27H,4-7,11-12H2,1-3H3/b21-19-. The zero-order chi connectivity index (χ0) is 21.4. The van der Waals surface area contributed by atoms with Gasteiger partial charge in [0.15, 0.2) is 0 Å². The van der Waals surface area contributed by atoms with Gasteiger partial charge in [0.05, 0.1) is 11.6 Å². The summed E-state index contributed by atoms with van der Waals surface area (Å²) in [4.78, 5) is 30.5. The fourth-order valence-corrected chi connectivity index (χ4v) is 5.44. The van der Waals surface area contributed by atoms with Crippen LogP contribution in [-0.4, -0.2) is 53.8 Å². The number of ketones is 1. The molecular formula is C24H28N2O3S. The molecule has 0 radical (unpaired) electrons. The number of thiophene rings is 1. The summed E-state index contributed by atoms with van der Waals surface area (Å²) in [7, 11) is 3.88. The second-order valence-corrected chi connectivity index (χ2v) is 9.40. The fourth-order valence-electron chi connectivity index (χ4n) is 4.39. The monoisotopic (exact) mass is 424 g/mol. The smallest absolute Gasteiger partial charge is 0.295 e. The summed E-state index contributed by atoms with van der Waals surface area (Å²) >= 11 is 1.52. The summed E-state index contributed by atoms with van der Waals surface area (Å²) in [5, 5.41) is 13.2. The van der Waals surface area contributed by atoms with E-state index in [9.17, 15) is 14.7 Å². The zero-order valence-electron chi connectivity index (χ0n) is 17.8. The van der Waals surface area contributed by atoms with Gasteiger partial charge in [-0.3, -0.25) is 9.59 Å². The average molecular weight is 425 g/mol. The Morgan fingerprint density at radius 2 is 1.90 bits per heavy atom. The molecule has 1 aromatic carbocycles. The van der Waals surface area contributed by atoms with Crippen LogP contribution in [0.5, 0.6) is 0 Å². The van der Waals surface area contributed by atoms with Crippen molar-refractivity contribution in [1.82, 2.24) is 9.80 Å². The average Bonchev–Trinajstić information content (AvgIpc) is 3.26. The number of Topliss-reactive ketones (excluding diaryl/α,β-unsaturated/α-hetero) is 1. The van der Waals surface area contributed by atoms with Crippen molar-refractivity contribution in [3.8, 4) is 0 Å². The molecule has 4 rings (SSSR count). The van der Waals surface area contributed by atoms with E-state index in [4.69, 9.17) is 0 Å². The molecule has 0 spiro atoms. The van der Waals surface area contributed by atoms with E-state index in [0.29, 0.717) is 18.7 Å². The van der Waals surface area contributed by atoms with Crippen LogP contribution in [0.3, 0.4) is 0 Å². The first kappa shape index (κ1) is 20.8. The number of rotatable bonds is 5. The minimum Gasteiger partial charge on any atom is -0.507 e. The zero-order valence-corrected chi connectivity index (χ0v) is 18.6.